The van der Waals surface area contributed by atoms with Crippen LogP contribution in [0, 0.1) is 5.92 Å². The van der Waals surface area contributed by atoms with E-state index in [0.717, 1.165) is 18.5 Å². The van der Waals surface area contributed by atoms with E-state index in [-0.39, 0.29) is 17.7 Å². The molecular formula is C16H16N4O2. The lowest BCUT2D eigenvalue weighted by atomic mass is 10.2. The van der Waals surface area contributed by atoms with E-state index < -0.39 is 0 Å². The van der Waals surface area contributed by atoms with Crippen molar-refractivity contribution in [1.29, 1.82) is 0 Å². The molecule has 1 aliphatic rings. The predicted molar refractivity (Wildman–Crippen MR) is 83.6 cm³/mol. The Morgan fingerprint density at radius 2 is 1.95 bits per heavy atom. The number of aromatic nitrogens is 1. The van der Waals surface area contributed by atoms with Crippen molar-refractivity contribution in [2.75, 3.05) is 5.32 Å². The van der Waals surface area contributed by atoms with E-state index in [4.69, 9.17) is 0 Å². The fraction of sp³-hybridized carbons (Fsp3) is 0.188. The second-order valence-corrected chi connectivity index (χ2v) is 5.17. The number of nitrogens with one attached hydrogen (secondary N) is 3. The number of carbonyl (C=O) groups is 2. The number of hydrazone groups is 1. The van der Waals surface area contributed by atoms with Crippen molar-refractivity contribution in [1.82, 2.24) is 10.4 Å². The van der Waals surface area contributed by atoms with Gasteiger partial charge in [0.25, 0.3) is 5.91 Å². The fourth-order valence-electron chi connectivity index (χ4n) is 1.94. The van der Waals surface area contributed by atoms with Gasteiger partial charge in [0.1, 0.15) is 0 Å². The van der Waals surface area contributed by atoms with E-state index in [0.29, 0.717) is 11.3 Å². The van der Waals surface area contributed by atoms with Crippen LogP contribution in [0.1, 0.15) is 28.9 Å². The van der Waals surface area contributed by atoms with Crippen LogP contribution >= 0.6 is 0 Å². The highest BCUT2D eigenvalue weighted by atomic mass is 16.2. The van der Waals surface area contributed by atoms with E-state index in [1.54, 1.807) is 30.5 Å². The van der Waals surface area contributed by atoms with E-state index in [1.807, 2.05) is 12.1 Å². The van der Waals surface area contributed by atoms with Crippen molar-refractivity contribution in [2.45, 2.75) is 12.8 Å². The van der Waals surface area contributed by atoms with Crippen LogP contribution < -0.4 is 10.7 Å². The summed E-state index contributed by atoms with van der Waals surface area (Å²) in [6.45, 7) is 0. The molecular weight excluding hydrogens is 280 g/mol. The number of benzene rings is 1. The summed E-state index contributed by atoms with van der Waals surface area (Å²) in [7, 11) is 0. The highest BCUT2D eigenvalue weighted by Crippen LogP contribution is 2.30. The number of carbonyl (C=O) groups excluding carboxylic acids is 2. The molecule has 2 aromatic rings. The largest absolute Gasteiger partial charge is 0.360 e. The normalized spacial score (nSPS) is 14.0. The van der Waals surface area contributed by atoms with Crippen LogP contribution in [0.15, 0.2) is 47.7 Å². The minimum atomic E-state index is -0.303. The first-order valence-corrected chi connectivity index (χ1v) is 7.10. The standard InChI is InChI=1S/C16H16N4O2/c21-15(11-3-4-11)19-13-7-5-12(6-8-13)16(22)20-18-10-14-2-1-9-17-14/h1-2,5-11,17H,3-4H2,(H,19,21)(H,20,22). The molecule has 0 aliphatic heterocycles. The number of hydrogen-bond donors (Lipinski definition) is 3. The van der Waals surface area contributed by atoms with Gasteiger partial charge in [-0.15, -0.1) is 0 Å². The molecule has 0 spiro atoms. The molecule has 1 saturated carbocycles. The second kappa shape index (κ2) is 6.26. The lowest BCUT2D eigenvalue weighted by Gasteiger charge is -2.05. The zero-order valence-electron chi connectivity index (χ0n) is 11.9. The Morgan fingerprint density at radius 3 is 2.59 bits per heavy atom. The summed E-state index contributed by atoms with van der Waals surface area (Å²) in [6.07, 6.45) is 5.23. The van der Waals surface area contributed by atoms with Crippen LogP contribution in [-0.4, -0.2) is 23.0 Å². The summed E-state index contributed by atoms with van der Waals surface area (Å²) in [6, 6.07) is 10.4. The van der Waals surface area contributed by atoms with Gasteiger partial charge in [-0.3, -0.25) is 9.59 Å². The summed E-state index contributed by atoms with van der Waals surface area (Å²) in [5.74, 6) is -0.0964. The van der Waals surface area contributed by atoms with Crippen molar-refractivity contribution in [3.8, 4) is 0 Å². The number of aromatic amines is 1. The van der Waals surface area contributed by atoms with Gasteiger partial charge in [-0.25, -0.2) is 5.43 Å². The zero-order chi connectivity index (χ0) is 15.4. The van der Waals surface area contributed by atoms with E-state index in [2.05, 4.69) is 20.8 Å². The molecule has 0 unspecified atom stereocenters. The molecule has 6 nitrogen and oxygen atoms in total. The van der Waals surface area contributed by atoms with Crippen molar-refractivity contribution in [2.24, 2.45) is 11.0 Å². The number of nitrogens with zero attached hydrogens (tertiary/aromatic N) is 1. The average molecular weight is 296 g/mol. The van der Waals surface area contributed by atoms with Crippen LogP contribution in [0.3, 0.4) is 0 Å². The van der Waals surface area contributed by atoms with E-state index in [9.17, 15) is 9.59 Å². The molecule has 112 valence electrons. The zero-order valence-corrected chi connectivity index (χ0v) is 11.9. The molecule has 0 bridgehead atoms. The Labute approximate surface area is 127 Å². The van der Waals surface area contributed by atoms with Gasteiger partial charge < -0.3 is 10.3 Å². The number of rotatable bonds is 5. The second-order valence-electron chi connectivity index (χ2n) is 5.17. The summed E-state index contributed by atoms with van der Waals surface area (Å²) in [4.78, 5) is 26.5. The molecule has 0 radical (unpaired) electrons. The monoisotopic (exact) mass is 296 g/mol. The molecule has 1 fully saturated rings. The molecule has 1 aromatic carbocycles. The Kier molecular flexibility index (Phi) is 4.00. The molecule has 6 heteroatoms. The van der Waals surface area contributed by atoms with Crippen LogP contribution in [-0.2, 0) is 4.79 Å². The van der Waals surface area contributed by atoms with Gasteiger partial charge in [0.2, 0.25) is 5.91 Å². The van der Waals surface area contributed by atoms with Gasteiger partial charge in [0.15, 0.2) is 0 Å². The lowest BCUT2D eigenvalue weighted by Crippen LogP contribution is -2.18. The highest BCUT2D eigenvalue weighted by Gasteiger charge is 2.29. The third-order valence-electron chi connectivity index (χ3n) is 3.35. The maximum atomic E-state index is 11.9. The minimum Gasteiger partial charge on any atom is -0.360 e. The summed E-state index contributed by atoms with van der Waals surface area (Å²) in [5, 5.41) is 6.69. The van der Waals surface area contributed by atoms with E-state index >= 15 is 0 Å². The number of hydrogen-bond acceptors (Lipinski definition) is 3. The number of amides is 2. The third kappa shape index (κ3) is 3.60. The molecule has 1 aromatic heterocycles. The van der Waals surface area contributed by atoms with Gasteiger partial charge in [-0.1, -0.05) is 0 Å². The molecule has 1 heterocycles. The smallest absolute Gasteiger partial charge is 0.271 e. The third-order valence-corrected chi connectivity index (χ3v) is 3.35. The average Bonchev–Trinajstić information content (AvgIpc) is 3.26. The predicted octanol–water partition coefficient (Wildman–Crippen LogP) is 2.13. The van der Waals surface area contributed by atoms with Crippen molar-refractivity contribution < 1.29 is 9.59 Å². The van der Waals surface area contributed by atoms with Gasteiger partial charge >= 0.3 is 0 Å². The number of anilines is 1. The van der Waals surface area contributed by atoms with E-state index in [1.165, 1.54) is 6.21 Å². The molecule has 3 N–H and O–H groups in total. The topological polar surface area (TPSA) is 86.3 Å². The van der Waals surface area contributed by atoms with Gasteiger partial charge in [-0.05, 0) is 49.2 Å². The van der Waals surface area contributed by atoms with Crippen LogP contribution in [0.4, 0.5) is 5.69 Å². The van der Waals surface area contributed by atoms with Gasteiger partial charge in [0, 0.05) is 23.4 Å². The fourth-order valence-corrected chi connectivity index (χ4v) is 1.94. The first-order chi connectivity index (χ1) is 10.7. The summed E-state index contributed by atoms with van der Waals surface area (Å²) < 4.78 is 0. The minimum absolute atomic E-state index is 0.0488. The van der Waals surface area contributed by atoms with Crippen LogP contribution in [0.2, 0.25) is 0 Å². The summed E-state index contributed by atoms with van der Waals surface area (Å²) in [5.41, 5.74) is 4.43. The van der Waals surface area contributed by atoms with Gasteiger partial charge in [0.05, 0.1) is 11.9 Å². The summed E-state index contributed by atoms with van der Waals surface area (Å²) >= 11 is 0. The molecule has 2 amide bonds. The quantitative estimate of drug-likeness (QED) is 0.583. The van der Waals surface area contributed by atoms with Crippen molar-refractivity contribution in [3.63, 3.8) is 0 Å². The maximum absolute atomic E-state index is 11.9. The number of H-pyrrole nitrogens is 1. The highest BCUT2D eigenvalue weighted by molar-refractivity contribution is 5.97. The Balaban J connectivity index is 1.55. The van der Waals surface area contributed by atoms with Gasteiger partial charge in [-0.2, -0.15) is 5.10 Å². The lowest BCUT2D eigenvalue weighted by molar-refractivity contribution is -0.117. The van der Waals surface area contributed by atoms with Crippen LogP contribution in [0.5, 0.6) is 0 Å². The first kappa shape index (κ1) is 14.1. The first-order valence-electron chi connectivity index (χ1n) is 7.10. The van der Waals surface area contributed by atoms with Crippen LogP contribution in [0.25, 0.3) is 0 Å². The SMILES string of the molecule is O=C(NN=Cc1ccc[nH]1)c1ccc(NC(=O)C2CC2)cc1. The molecule has 0 saturated heterocycles. The maximum Gasteiger partial charge on any atom is 0.271 e. The molecule has 0 atom stereocenters. The Morgan fingerprint density at radius 1 is 1.18 bits per heavy atom. The Hall–Kier alpha value is -2.89. The Bertz CT molecular complexity index is 685. The molecule has 3 rings (SSSR count). The van der Waals surface area contributed by atoms with Crippen molar-refractivity contribution >= 4 is 23.7 Å². The molecule has 22 heavy (non-hydrogen) atoms. The molecule has 1 aliphatic carbocycles. The van der Waals surface area contributed by atoms with Crippen molar-refractivity contribution in [3.05, 3.63) is 53.9 Å².